The number of carbonyl (C=O) groups excluding carboxylic acids is 1. The van der Waals surface area contributed by atoms with E-state index in [1.165, 1.54) is 0 Å². The topological polar surface area (TPSA) is 29.1 Å². The number of benzene rings is 2. The van der Waals surface area contributed by atoms with Gasteiger partial charge in [0.25, 0.3) is 5.91 Å². The average molecular weight is 379 g/mol. The van der Waals surface area contributed by atoms with Crippen LogP contribution in [0.5, 0.6) is 0 Å². The average Bonchev–Trinajstić information content (AvgIpc) is 2.32. The van der Waals surface area contributed by atoms with Gasteiger partial charge in [-0.15, -0.1) is 0 Å². The van der Waals surface area contributed by atoms with E-state index in [1.54, 1.807) is 36.4 Å². The highest BCUT2D eigenvalue weighted by atomic mass is 79.9. The summed E-state index contributed by atoms with van der Waals surface area (Å²) in [5.74, 6) is -0.335. The number of nitrogens with one attached hydrogen (secondary N) is 1. The van der Waals surface area contributed by atoms with Crippen molar-refractivity contribution in [1.29, 1.82) is 0 Å². The van der Waals surface area contributed by atoms with Gasteiger partial charge in [-0.1, -0.05) is 56.8 Å². The van der Waals surface area contributed by atoms with Gasteiger partial charge in [-0.3, -0.25) is 4.79 Å². The number of halogens is 4. The second-order valence-electron chi connectivity index (χ2n) is 3.71. The van der Waals surface area contributed by atoms with Gasteiger partial charge >= 0.3 is 0 Å². The van der Waals surface area contributed by atoms with Gasteiger partial charge in [0.2, 0.25) is 0 Å². The molecule has 0 bridgehead atoms. The van der Waals surface area contributed by atoms with E-state index in [4.69, 9.17) is 34.8 Å². The van der Waals surface area contributed by atoms with Crippen molar-refractivity contribution < 1.29 is 4.79 Å². The van der Waals surface area contributed by atoms with Crippen molar-refractivity contribution in [2.24, 2.45) is 0 Å². The Morgan fingerprint density at radius 1 is 1.05 bits per heavy atom. The highest BCUT2D eigenvalue weighted by molar-refractivity contribution is 9.10. The van der Waals surface area contributed by atoms with E-state index in [0.29, 0.717) is 26.3 Å². The first-order valence-corrected chi connectivity index (χ1v) is 7.11. The number of hydrogen-bond acceptors (Lipinski definition) is 1. The van der Waals surface area contributed by atoms with Gasteiger partial charge in [0.1, 0.15) is 0 Å². The highest BCUT2D eigenvalue weighted by Gasteiger charge is 2.12. The Hall–Kier alpha value is -0.740. The molecule has 0 unspecified atom stereocenters. The van der Waals surface area contributed by atoms with E-state index in [1.807, 2.05) is 0 Å². The molecule has 0 fully saturated rings. The summed E-state index contributed by atoms with van der Waals surface area (Å²) in [5.41, 5.74) is 0.794. The summed E-state index contributed by atoms with van der Waals surface area (Å²) >= 11 is 21.2. The predicted molar refractivity (Wildman–Crippen MR) is 83.6 cm³/mol. The van der Waals surface area contributed by atoms with E-state index in [-0.39, 0.29) is 5.91 Å². The number of carbonyl (C=O) groups is 1. The van der Waals surface area contributed by atoms with Gasteiger partial charge in [0.05, 0.1) is 15.7 Å². The van der Waals surface area contributed by atoms with Crippen LogP contribution >= 0.6 is 50.7 Å². The SMILES string of the molecule is O=C(Nc1c(Cl)cccc1Cl)c1cc(Cl)cc(Br)c1. The fourth-order valence-electron chi connectivity index (χ4n) is 1.49. The molecule has 1 amide bonds. The fourth-order valence-corrected chi connectivity index (χ4v) is 2.84. The largest absolute Gasteiger partial charge is 0.319 e. The second-order valence-corrected chi connectivity index (χ2v) is 5.88. The van der Waals surface area contributed by atoms with Crippen molar-refractivity contribution >= 4 is 62.3 Å². The first kappa shape index (κ1) is 14.7. The summed E-state index contributed by atoms with van der Waals surface area (Å²) < 4.78 is 0.718. The second kappa shape index (κ2) is 6.14. The molecular weight excluding hydrogens is 372 g/mol. The minimum Gasteiger partial charge on any atom is -0.319 e. The Kier molecular flexibility index (Phi) is 4.74. The lowest BCUT2D eigenvalue weighted by Crippen LogP contribution is -2.12. The van der Waals surface area contributed by atoms with Crippen LogP contribution in [0.4, 0.5) is 5.69 Å². The van der Waals surface area contributed by atoms with Crippen LogP contribution in [0, 0.1) is 0 Å². The molecule has 19 heavy (non-hydrogen) atoms. The Balaban J connectivity index is 2.31. The van der Waals surface area contributed by atoms with Crippen molar-refractivity contribution in [2.45, 2.75) is 0 Å². The van der Waals surface area contributed by atoms with Crippen LogP contribution in [-0.4, -0.2) is 5.91 Å². The van der Waals surface area contributed by atoms with Gasteiger partial charge in [-0.05, 0) is 30.3 Å². The van der Waals surface area contributed by atoms with Gasteiger partial charge in [-0.2, -0.15) is 0 Å². The van der Waals surface area contributed by atoms with Gasteiger partial charge in [0, 0.05) is 15.1 Å². The van der Waals surface area contributed by atoms with Crippen molar-refractivity contribution in [1.82, 2.24) is 0 Å². The first-order valence-electron chi connectivity index (χ1n) is 5.19. The maximum atomic E-state index is 12.1. The first-order chi connectivity index (χ1) is 8.97. The minimum absolute atomic E-state index is 0.335. The van der Waals surface area contributed by atoms with Crippen LogP contribution < -0.4 is 5.32 Å². The standard InChI is InChI=1S/C13H7BrCl3NO/c14-8-4-7(5-9(15)6-8)13(19)18-12-10(16)2-1-3-11(12)17/h1-6H,(H,18,19). The number of para-hydroxylation sites is 1. The molecule has 0 radical (unpaired) electrons. The van der Waals surface area contributed by atoms with Gasteiger partial charge in [-0.25, -0.2) is 0 Å². The van der Waals surface area contributed by atoms with E-state index >= 15 is 0 Å². The lowest BCUT2D eigenvalue weighted by atomic mass is 10.2. The van der Waals surface area contributed by atoms with Crippen molar-refractivity contribution in [3.05, 3.63) is 61.5 Å². The summed E-state index contributed by atoms with van der Waals surface area (Å²) in [5, 5.41) is 3.88. The van der Waals surface area contributed by atoms with E-state index in [0.717, 1.165) is 4.47 Å². The Morgan fingerprint density at radius 2 is 1.68 bits per heavy atom. The molecule has 0 saturated carbocycles. The molecule has 2 rings (SSSR count). The maximum absolute atomic E-state index is 12.1. The molecule has 2 aromatic carbocycles. The molecule has 6 heteroatoms. The molecule has 2 aromatic rings. The Labute approximate surface area is 133 Å². The Bertz CT molecular complexity index is 605. The van der Waals surface area contributed by atoms with E-state index in [2.05, 4.69) is 21.2 Å². The van der Waals surface area contributed by atoms with Crippen molar-refractivity contribution in [3.8, 4) is 0 Å². The smallest absolute Gasteiger partial charge is 0.255 e. The quantitative estimate of drug-likeness (QED) is 0.716. The molecule has 0 aliphatic rings. The molecule has 2 nitrogen and oxygen atoms in total. The molecule has 98 valence electrons. The fraction of sp³-hybridized carbons (Fsp3) is 0. The molecule has 0 aliphatic carbocycles. The maximum Gasteiger partial charge on any atom is 0.255 e. The summed E-state index contributed by atoms with van der Waals surface area (Å²) in [6.45, 7) is 0. The monoisotopic (exact) mass is 377 g/mol. The molecule has 1 N–H and O–H groups in total. The molecule has 0 saturated heterocycles. The van der Waals surface area contributed by atoms with Crippen LogP contribution in [0.25, 0.3) is 0 Å². The van der Waals surface area contributed by atoms with Crippen LogP contribution in [0.2, 0.25) is 15.1 Å². The summed E-state index contributed by atoms with van der Waals surface area (Å²) in [4.78, 5) is 12.1. The molecule has 0 spiro atoms. The molecule has 0 aliphatic heterocycles. The van der Waals surface area contributed by atoms with Gasteiger partial charge in [0.15, 0.2) is 0 Å². The van der Waals surface area contributed by atoms with Crippen LogP contribution in [0.15, 0.2) is 40.9 Å². The third-order valence-electron chi connectivity index (χ3n) is 2.33. The normalized spacial score (nSPS) is 10.3. The zero-order valence-corrected chi connectivity index (χ0v) is 13.2. The predicted octanol–water partition coefficient (Wildman–Crippen LogP) is 5.66. The number of hydrogen-bond donors (Lipinski definition) is 1. The Morgan fingerprint density at radius 3 is 2.26 bits per heavy atom. The van der Waals surface area contributed by atoms with Crippen LogP contribution in [0.1, 0.15) is 10.4 Å². The lowest BCUT2D eigenvalue weighted by molar-refractivity contribution is 0.102. The number of rotatable bonds is 2. The van der Waals surface area contributed by atoms with Crippen LogP contribution in [-0.2, 0) is 0 Å². The third kappa shape index (κ3) is 3.63. The number of amides is 1. The zero-order valence-electron chi connectivity index (χ0n) is 9.38. The molecule has 0 aromatic heterocycles. The highest BCUT2D eigenvalue weighted by Crippen LogP contribution is 2.30. The third-order valence-corrected chi connectivity index (χ3v) is 3.63. The van der Waals surface area contributed by atoms with Gasteiger partial charge < -0.3 is 5.32 Å². The molecular formula is C13H7BrCl3NO. The molecule has 0 atom stereocenters. The lowest BCUT2D eigenvalue weighted by Gasteiger charge is -2.09. The summed E-state index contributed by atoms with van der Waals surface area (Å²) in [6, 6.07) is 9.92. The minimum atomic E-state index is -0.335. The van der Waals surface area contributed by atoms with Crippen molar-refractivity contribution in [2.75, 3.05) is 5.32 Å². The van der Waals surface area contributed by atoms with Crippen LogP contribution in [0.3, 0.4) is 0 Å². The number of anilines is 1. The van der Waals surface area contributed by atoms with E-state index in [9.17, 15) is 4.79 Å². The molecule has 0 heterocycles. The van der Waals surface area contributed by atoms with E-state index < -0.39 is 0 Å². The summed E-state index contributed by atoms with van der Waals surface area (Å²) in [6.07, 6.45) is 0. The van der Waals surface area contributed by atoms with Crippen molar-refractivity contribution in [3.63, 3.8) is 0 Å². The zero-order chi connectivity index (χ0) is 14.0. The summed E-state index contributed by atoms with van der Waals surface area (Å²) in [7, 11) is 0.